The summed E-state index contributed by atoms with van der Waals surface area (Å²) in [4.78, 5) is 19.3. The summed E-state index contributed by atoms with van der Waals surface area (Å²) in [5.74, 6) is 0. The van der Waals surface area contributed by atoms with E-state index in [2.05, 4.69) is 15.3 Å². The number of carbonyl (C=O) groups excluding carboxylic acids is 1. The second-order valence-corrected chi connectivity index (χ2v) is 16.8. The zero-order valence-electron chi connectivity index (χ0n) is 30.1. The van der Waals surface area contributed by atoms with Crippen LogP contribution < -0.4 is 11.1 Å². The molecular formula is C42H42N6O5S2. The third-order valence-electron chi connectivity index (χ3n) is 9.16. The molecule has 0 unspecified atom stereocenters. The zero-order valence-corrected chi connectivity index (χ0v) is 31.7. The Morgan fingerprint density at radius 2 is 1.09 bits per heavy atom. The average Bonchev–Trinajstić information content (AvgIpc) is 3.89. The Bertz CT molecular complexity index is 2350. The van der Waals surface area contributed by atoms with E-state index < -0.39 is 20.0 Å². The molecule has 0 fully saturated rings. The molecule has 4 heterocycles. The number of nitrogens with two attached hydrogens (primary N) is 1. The van der Waals surface area contributed by atoms with Crippen molar-refractivity contribution in [1.82, 2.24) is 23.9 Å². The summed E-state index contributed by atoms with van der Waals surface area (Å²) in [6.07, 6.45) is 5.97. The first-order chi connectivity index (χ1) is 26.7. The molecule has 0 atom stereocenters. The van der Waals surface area contributed by atoms with E-state index >= 15 is 0 Å². The molecule has 0 amide bonds. The van der Waals surface area contributed by atoms with Crippen LogP contribution in [-0.4, -0.2) is 41.7 Å². The summed E-state index contributed by atoms with van der Waals surface area (Å²) in [5, 5.41) is 3.32. The highest BCUT2D eigenvalue weighted by atomic mass is 32.2. The molecule has 4 aromatic carbocycles. The minimum atomic E-state index is -3.51. The molecule has 3 N–H and O–H groups in total. The number of nitrogens with zero attached hydrogens (tertiary/aromatic N) is 4. The van der Waals surface area contributed by atoms with E-state index in [4.69, 9.17) is 5.73 Å². The molecule has 0 bridgehead atoms. The third kappa shape index (κ3) is 10.0. The standard InChI is InChI=1S/C21H21N3O2S.C15H13NO3S.C6H8N2/c25-27(26,24-15-18-5-1-2-6-19(18)16-24)21-10-8-17(9-11-21)13-22-14-20-7-3-4-12-23-20;17-11-12-5-7-15(8-6-12)20(18,19)16-9-13-3-1-2-4-14(13)10-16;7-4-6-2-1-3-8-5-6/h1-12,22H,13-16H2;1-8,11H,9-10H2;1-3,5H,4,7H2. The van der Waals surface area contributed by atoms with E-state index in [1.807, 2.05) is 91.0 Å². The quantitative estimate of drug-likeness (QED) is 0.164. The van der Waals surface area contributed by atoms with Crippen LogP contribution in [0.4, 0.5) is 0 Å². The summed E-state index contributed by atoms with van der Waals surface area (Å²) in [6, 6.07) is 38.3. The minimum absolute atomic E-state index is 0.218. The number of nitrogens with one attached hydrogen (secondary N) is 1. The third-order valence-corrected chi connectivity index (χ3v) is 12.8. The van der Waals surface area contributed by atoms with Gasteiger partial charge in [-0.1, -0.05) is 84.9 Å². The Morgan fingerprint density at radius 3 is 1.51 bits per heavy atom. The van der Waals surface area contributed by atoms with Gasteiger partial charge in [-0.15, -0.1) is 0 Å². The van der Waals surface area contributed by atoms with Gasteiger partial charge in [-0.25, -0.2) is 16.8 Å². The van der Waals surface area contributed by atoms with Gasteiger partial charge in [0.2, 0.25) is 20.0 Å². The van der Waals surface area contributed by atoms with Crippen LogP contribution in [0.5, 0.6) is 0 Å². The van der Waals surface area contributed by atoms with Gasteiger partial charge in [0.1, 0.15) is 6.29 Å². The fraction of sp³-hybridized carbons (Fsp3) is 0.167. The van der Waals surface area contributed by atoms with Crippen molar-refractivity contribution in [3.63, 3.8) is 0 Å². The zero-order chi connectivity index (χ0) is 38.7. The molecule has 2 aliphatic rings. The van der Waals surface area contributed by atoms with Crippen molar-refractivity contribution in [3.8, 4) is 0 Å². The van der Waals surface area contributed by atoms with Gasteiger partial charge < -0.3 is 11.1 Å². The maximum absolute atomic E-state index is 12.9. The normalized spacial score (nSPS) is 13.8. The lowest BCUT2D eigenvalue weighted by molar-refractivity contribution is 0.112. The van der Waals surface area contributed by atoms with Gasteiger partial charge in [-0.3, -0.25) is 14.8 Å². The SMILES string of the molecule is NCc1cccnc1.O=Cc1ccc(S(=O)(=O)N2Cc3ccccc3C2)cc1.O=S(=O)(c1ccc(CNCc2ccccn2)cc1)N1Cc2ccccc2C1. The smallest absolute Gasteiger partial charge is 0.243 e. The predicted molar refractivity (Wildman–Crippen MR) is 211 cm³/mol. The fourth-order valence-corrected chi connectivity index (χ4v) is 8.89. The van der Waals surface area contributed by atoms with E-state index in [9.17, 15) is 21.6 Å². The highest BCUT2D eigenvalue weighted by Gasteiger charge is 2.31. The highest BCUT2D eigenvalue weighted by Crippen LogP contribution is 2.29. The van der Waals surface area contributed by atoms with Crippen molar-refractivity contribution >= 4 is 26.3 Å². The first-order valence-electron chi connectivity index (χ1n) is 17.6. The van der Waals surface area contributed by atoms with E-state index in [1.54, 1.807) is 30.7 Å². The molecule has 0 spiro atoms. The second-order valence-electron chi connectivity index (χ2n) is 12.9. The molecular weight excluding hydrogens is 733 g/mol. The fourth-order valence-electron chi connectivity index (χ4n) is 6.10. The van der Waals surface area contributed by atoms with Crippen LogP contribution in [0.25, 0.3) is 0 Å². The van der Waals surface area contributed by atoms with Crippen LogP contribution in [0, 0.1) is 0 Å². The Labute approximate surface area is 322 Å². The number of pyridine rings is 2. The average molecular weight is 775 g/mol. The Kier molecular flexibility index (Phi) is 13.1. The number of carbonyl (C=O) groups is 1. The Hall–Kier alpha value is -5.41. The van der Waals surface area contributed by atoms with E-state index in [1.165, 1.54) is 32.9 Å². The summed E-state index contributed by atoms with van der Waals surface area (Å²) in [6.45, 7) is 3.58. The predicted octanol–water partition coefficient (Wildman–Crippen LogP) is 5.82. The van der Waals surface area contributed by atoms with Crippen LogP contribution in [-0.2, 0) is 65.9 Å². The van der Waals surface area contributed by atoms with Gasteiger partial charge in [0.05, 0.1) is 15.5 Å². The van der Waals surface area contributed by atoms with Crippen LogP contribution in [0.2, 0.25) is 0 Å². The van der Waals surface area contributed by atoms with Gasteiger partial charge >= 0.3 is 0 Å². The number of hydrogen-bond acceptors (Lipinski definition) is 9. The summed E-state index contributed by atoms with van der Waals surface area (Å²) >= 11 is 0. The maximum atomic E-state index is 12.9. The van der Waals surface area contributed by atoms with E-state index in [0.29, 0.717) is 62.6 Å². The largest absolute Gasteiger partial charge is 0.326 e. The van der Waals surface area contributed by atoms with Crippen molar-refractivity contribution in [2.75, 3.05) is 0 Å². The second kappa shape index (κ2) is 18.3. The summed E-state index contributed by atoms with van der Waals surface area (Å²) in [5.41, 5.74) is 13.1. The van der Waals surface area contributed by atoms with Crippen molar-refractivity contribution in [2.45, 2.75) is 55.6 Å². The van der Waals surface area contributed by atoms with Crippen molar-refractivity contribution in [3.05, 3.63) is 191 Å². The van der Waals surface area contributed by atoms with Gasteiger partial charge in [0.25, 0.3) is 0 Å². The van der Waals surface area contributed by atoms with Gasteiger partial charge in [-0.2, -0.15) is 8.61 Å². The molecule has 8 rings (SSSR count). The lowest BCUT2D eigenvalue weighted by Crippen LogP contribution is -2.25. The van der Waals surface area contributed by atoms with Gasteiger partial charge in [0.15, 0.2) is 0 Å². The molecule has 2 aliphatic heterocycles. The number of sulfonamides is 2. The van der Waals surface area contributed by atoms with Crippen molar-refractivity contribution < 1.29 is 21.6 Å². The topological polar surface area (TPSA) is 156 Å². The minimum Gasteiger partial charge on any atom is -0.326 e. The number of benzene rings is 4. The van der Waals surface area contributed by atoms with Crippen LogP contribution >= 0.6 is 0 Å². The Morgan fingerprint density at radius 1 is 0.582 bits per heavy atom. The molecule has 6 aromatic rings. The van der Waals surface area contributed by atoms with Crippen molar-refractivity contribution in [1.29, 1.82) is 0 Å². The maximum Gasteiger partial charge on any atom is 0.243 e. The molecule has 0 aliphatic carbocycles. The number of rotatable bonds is 10. The number of aldehydes is 1. The first kappa shape index (κ1) is 39.3. The van der Waals surface area contributed by atoms with Crippen LogP contribution in [0.1, 0.15) is 49.4 Å². The summed E-state index contributed by atoms with van der Waals surface area (Å²) < 4.78 is 53.9. The molecule has 55 heavy (non-hydrogen) atoms. The first-order valence-corrected chi connectivity index (χ1v) is 20.5. The van der Waals surface area contributed by atoms with E-state index in [-0.39, 0.29) is 4.90 Å². The molecule has 2 aromatic heterocycles. The van der Waals surface area contributed by atoms with Gasteiger partial charge in [0, 0.05) is 70.0 Å². The molecule has 0 radical (unpaired) electrons. The lowest BCUT2D eigenvalue weighted by atomic mass is 10.1. The number of hydrogen-bond donors (Lipinski definition) is 2. The molecule has 13 heteroatoms. The lowest BCUT2D eigenvalue weighted by Gasteiger charge is -2.16. The van der Waals surface area contributed by atoms with Crippen LogP contribution in [0.3, 0.4) is 0 Å². The van der Waals surface area contributed by atoms with Gasteiger partial charge in [-0.05, 0) is 75.8 Å². The van der Waals surface area contributed by atoms with E-state index in [0.717, 1.165) is 39.1 Å². The number of aromatic nitrogens is 2. The Balaban J connectivity index is 0.000000160. The summed E-state index contributed by atoms with van der Waals surface area (Å²) in [7, 11) is -7.00. The van der Waals surface area contributed by atoms with Crippen molar-refractivity contribution in [2.24, 2.45) is 5.73 Å². The number of fused-ring (bicyclic) bond motifs is 2. The molecule has 0 saturated heterocycles. The molecule has 0 saturated carbocycles. The molecule has 11 nitrogen and oxygen atoms in total. The monoisotopic (exact) mass is 774 g/mol. The highest BCUT2D eigenvalue weighted by molar-refractivity contribution is 7.89. The molecule has 282 valence electrons. The van der Waals surface area contributed by atoms with Crippen LogP contribution in [0.15, 0.2) is 156 Å².